The maximum Gasteiger partial charge on any atom is 0.271 e. The molecular formula is C13H15BrN2O3S. The Labute approximate surface area is 126 Å². The lowest BCUT2D eigenvalue weighted by Crippen LogP contribution is -2.18. The summed E-state index contributed by atoms with van der Waals surface area (Å²) in [5, 5.41) is 8.03. The van der Waals surface area contributed by atoms with Crippen LogP contribution in [-0.4, -0.2) is 8.42 Å². The topological polar surface area (TPSA) is 85.3 Å². The summed E-state index contributed by atoms with van der Waals surface area (Å²) in [6.45, 7) is 2.43. The van der Waals surface area contributed by atoms with Gasteiger partial charge in [-0.05, 0) is 30.7 Å². The molecule has 0 aliphatic rings. The van der Waals surface area contributed by atoms with Gasteiger partial charge < -0.3 is 9.73 Å². The third kappa shape index (κ3) is 3.69. The van der Waals surface area contributed by atoms with Crippen molar-refractivity contribution in [3.05, 3.63) is 52.2 Å². The minimum absolute atomic E-state index is 0.0913. The zero-order valence-corrected chi connectivity index (χ0v) is 13.2. The summed E-state index contributed by atoms with van der Waals surface area (Å²) >= 11 is 3.49. The average Bonchev–Trinajstić information content (AvgIpc) is 2.85. The monoisotopic (exact) mass is 358 g/mol. The molecule has 0 aliphatic carbocycles. The van der Waals surface area contributed by atoms with Crippen LogP contribution >= 0.6 is 15.9 Å². The number of nitrogens with one attached hydrogen (secondary N) is 1. The molecule has 2 rings (SSSR count). The highest BCUT2D eigenvalue weighted by atomic mass is 79.9. The molecule has 5 nitrogen and oxygen atoms in total. The van der Waals surface area contributed by atoms with Crippen LogP contribution in [0.4, 0.5) is 0 Å². The second kappa shape index (κ2) is 6.09. The van der Waals surface area contributed by atoms with Gasteiger partial charge in [-0.2, -0.15) is 0 Å². The van der Waals surface area contributed by atoms with E-state index in [-0.39, 0.29) is 11.1 Å². The van der Waals surface area contributed by atoms with Crippen LogP contribution in [0.1, 0.15) is 24.3 Å². The highest BCUT2D eigenvalue weighted by Crippen LogP contribution is 2.23. The van der Waals surface area contributed by atoms with Crippen molar-refractivity contribution in [2.24, 2.45) is 5.14 Å². The highest BCUT2D eigenvalue weighted by molar-refractivity contribution is 9.10. The molecule has 0 saturated carbocycles. The Hall–Kier alpha value is -1.15. The molecule has 1 heterocycles. The standard InChI is InChI=1S/C13H15BrN2O3S/c1-9(11-4-2-3-5-12(11)14)16-8-10-6-7-13(19-10)20(15,17)18/h2-7,9,16H,8H2,1H3,(H2,15,17,18)/t9-/m0/s1. The van der Waals surface area contributed by atoms with Crippen LogP contribution in [0.15, 0.2) is 50.4 Å². The third-order valence-electron chi connectivity index (χ3n) is 2.87. The first-order valence-electron chi connectivity index (χ1n) is 5.97. The predicted molar refractivity (Wildman–Crippen MR) is 79.5 cm³/mol. The fraction of sp³-hybridized carbons (Fsp3) is 0.231. The zero-order chi connectivity index (χ0) is 14.8. The minimum Gasteiger partial charge on any atom is -0.447 e. The van der Waals surface area contributed by atoms with E-state index in [1.54, 1.807) is 6.07 Å². The van der Waals surface area contributed by atoms with Gasteiger partial charge in [0.25, 0.3) is 10.0 Å². The van der Waals surface area contributed by atoms with Crippen LogP contribution in [-0.2, 0) is 16.6 Å². The molecule has 1 atom stereocenters. The van der Waals surface area contributed by atoms with Crippen LogP contribution in [0.3, 0.4) is 0 Å². The van der Waals surface area contributed by atoms with Gasteiger partial charge >= 0.3 is 0 Å². The van der Waals surface area contributed by atoms with E-state index in [9.17, 15) is 8.42 Å². The molecule has 0 unspecified atom stereocenters. The SMILES string of the molecule is C[C@H](NCc1ccc(S(N)(=O)=O)o1)c1ccccc1Br. The number of halogens is 1. The number of benzene rings is 1. The summed E-state index contributed by atoms with van der Waals surface area (Å²) in [5.41, 5.74) is 1.12. The van der Waals surface area contributed by atoms with E-state index in [1.807, 2.05) is 31.2 Å². The second-order valence-electron chi connectivity index (χ2n) is 4.39. The maximum absolute atomic E-state index is 11.1. The summed E-state index contributed by atoms with van der Waals surface area (Å²) in [5.74, 6) is 0.521. The molecule has 1 aromatic heterocycles. The van der Waals surface area contributed by atoms with E-state index in [1.165, 1.54) is 6.07 Å². The van der Waals surface area contributed by atoms with Crippen molar-refractivity contribution in [2.75, 3.05) is 0 Å². The predicted octanol–water partition coefficient (Wildman–Crippen LogP) is 2.54. The van der Waals surface area contributed by atoms with Gasteiger partial charge in [0, 0.05) is 10.5 Å². The molecule has 0 fully saturated rings. The van der Waals surface area contributed by atoms with Crippen LogP contribution in [0.2, 0.25) is 0 Å². The average molecular weight is 359 g/mol. The summed E-state index contributed by atoms with van der Waals surface area (Å²) in [4.78, 5) is 0. The Morgan fingerprint density at radius 2 is 2.00 bits per heavy atom. The number of furan rings is 1. The molecule has 2 aromatic rings. The van der Waals surface area contributed by atoms with Gasteiger partial charge in [0.15, 0.2) is 0 Å². The molecule has 0 radical (unpaired) electrons. The third-order valence-corrected chi connectivity index (χ3v) is 4.37. The number of hydrogen-bond acceptors (Lipinski definition) is 4. The molecule has 20 heavy (non-hydrogen) atoms. The minimum atomic E-state index is -3.78. The number of nitrogens with two attached hydrogens (primary N) is 1. The molecule has 1 aromatic carbocycles. The molecule has 0 bridgehead atoms. The first kappa shape index (κ1) is 15.2. The smallest absolute Gasteiger partial charge is 0.271 e. The summed E-state index contributed by atoms with van der Waals surface area (Å²) in [6.07, 6.45) is 0. The van der Waals surface area contributed by atoms with Crippen molar-refractivity contribution < 1.29 is 12.8 Å². The van der Waals surface area contributed by atoms with Crippen molar-refractivity contribution in [3.63, 3.8) is 0 Å². The Balaban J connectivity index is 2.02. The highest BCUT2D eigenvalue weighted by Gasteiger charge is 2.14. The first-order chi connectivity index (χ1) is 9.38. The van der Waals surface area contributed by atoms with Gasteiger partial charge in [-0.3, -0.25) is 0 Å². The van der Waals surface area contributed by atoms with Gasteiger partial charge in [0.05, 0.1) is 6.54 Å². The molecule has 0 spiro atoms. The van der Waals surface area contributed by atoms with Crippen LogP contribution in [0.5, 0.6) is 0 Å². The second-order valence-corrected chi connectivity index (χ2v) is 6.74. The van der Waals surface area contributed by atoms with Crippen molar-refractivity contribution in [1.29, 1.82) is 0 Å². The molecule has 0 aliphatic heterocycles. The summed E-state index contributed by atoms with van der Waals surface area (Å²) in [7, 11) is -3.78. The molecule has 7 heteroatoms. The number of primary sulfonamides is 1. The molecular weight excluding hydrogens is 344 g/mol. The van der Waals surface area contributed by atoms with E-state index < -0.39 is 10.0 Å². The zero-order valence-electron chi connectivity index (χ0n) is 10.8. The van der Waals surface area contributed by atoms with E-state index >= 15 is 0 Å². The molecule has 108 valence electrons. The molecule has 3 N–H and O–H groups in total. The summed E-state index contributed by atoms with van der Waals surface area (Å²) < 4.78 is 28.4. The van der Waals surface area contributed by atoms with Gasteiger partial charge in [-0.1, -0.05) is 34.1 Å². The van der Waals surface area contributed by atoms with Gasteiger partial charge in [0.2, 0.25) is 5.09 Å². The van der Waals surface area contributed by atoms with E-state index in [4.69, 9.17) is 9.56 Å². The van der Waals surface area contributed by atoms with Crippen molar-refractivity contribution >= 4 is 26.0 Å². The Kier molecular flexibility index (Phi) is 4.64. The lowest BCUT2D eigenvalue weighted by Gasteiger charge is -2.14. The lowest BCUT2D eigenvalue weighted by atomic mass is 10.1. The molecule has 0 amide bonds. The number of hydrogen-bond donors (Lipinski definition) is 2. The molecule has 0 saturated heterocycles. The summed E-state index contributed by atoms with van der Waals surface area (Å²) in [6, 6.07) is 10.9. The lowest BCUT2D eigenvalue weighted by molar-refractivity contribution is 0.393. The van der Waals surface area contributed by atoms with Crippen molar-refractivity contribution in [2.45, 2.75) is 24.6 Å². The Morgan fingerprint density at radius 3 is 2.60 bits per heavy atom. The van der Waals surface area contributed by atoms with Crippen LogP contribution in [0, 0.1) is 0 Å². The Morgan fingerprint density at radius 1 is 1.30 bits per heavy atom. The number of sulfonamides is 1. The van der Waals surface area contributed by atoms with E-state index in [0.29, 0.717) is 12.3 Å². The van der Waals surface area contributed by atoms with Crippen LogP contribution < -0.4 is 10.5 Å². The fourth-order valence-corrected chi connectivity index (χ4v) is 2.91. The van der Waals surface area contributed by atoms with E-state index in [2.05, 4.69) is 21.2 Å². The van der Waals surface area contributed by atoms with Gasteiger partial charge in [0.1, 0.15) is 5.76 Å². The number of rotatable bonds is 5. The first-order valence-corrected chi connectivity index (χ1v) is 8.31. The van der Waals surface area contributed by atoms with E-state index in [0.717, 1.165) is 10.0 Å². The normalized spacial score (nSPS) is 13.3. The maximum atomic E-state index is 11.1. The van der Waals surface area contributed by atoms with Crippen molar-refractivity contribution in [3.8, 4) is 0 Å². The van der Waals surface area contributed by atoms with Crippen molar-refractivity contribution in [1.82, 2.24) is 5.32 Å². The largest absolute Gasteiger partial charge is 0.447 e. The fourth-order valence-electron chi connectivity index (χ4n) is 1.80. The Bertz CT molecular complexity index is 697. The van der Waals surface area contributed by atoms with Gasteiger partial charge in [-0.25, -0.2) is 13.6 Å². The quantitative estimate of drug-likeness (QED) is 0.859. The van der Waals surface area contributed by atoms with Gasteiger partial charge in [-0.15, -0.1) is 0 Å². The van der Waals surface area contributed by atoms with Crippen LogP contribution in [0.25, 0.3) is 0 Å².